The van der Waals surface area contributed by atoms with Crippen molar-refractivity contribution in [3.8, 4) is 5.75 Å². The van der Waals surface area contributed by atoms with Gasteiger partial charge >= 0.3 is 0 Å². The van der Waals surface area contributed by atoms with Crippen LogP contribution in [0.3, 0.4) is 0 Å². The van der Waals surface area contributed by atoms with E-state index in [9.17, 15) is 4.79 Å². The van der Waals surface area contributed by atoms with Crippen LogP contribution in [0, 0.1) is 6.92 Å². The number of benzene rings is 1. The van der Waals surface area contributed by atoms with E-state index in [4.69, 9.17) is 4.74 Å². The number of carbonyl (C=O) groups is 1. The summed E-state index contributed by atoms with van der Waals surface area (Å²) in [7, 11) is 0. The van der Waals surface area contributed by atoms with Crippen LogP contribution in [-0.2, 0) is 6.61 Å². The molecule has 1 aromatic carbocycles. The van der Waals surface area contributed by atoms with Gasteiger partial charge in [-0.2, -0.15) is 0 Å². The molecule has 2 unspecified atom stereocenters. The molecule has 0 aliphatic carbocycles. The predicted molar refractivity (Wildman–Crippen MR) is 111 cm³/mol. The molecule has 2 bridgehead atoms. The number of amides is 1. The van der Waals surface area contributed by atoms with Gasteiger partial charge in [-0.05, 0) is 62.6 Å². The SMILES string of the molecule is Cc1ccc2nc(COc3cccc(C(=O)N4C5CCNCC4CC5)c3)cn2c1. The first-order chi connectivity index (χ1) is 14.2. The molecular weight excluding hydrogens is 364 g/mol. The predicted octanol–water partition coefficient (Wildman–Crippen LogP) is 3.19. The van der Waals surface area contributed by atoms with Crippen LogP contribution in [0.4, 0.5) is 0 Å². The van der Waals surface area contributed by atoms with Crippen LogP contribution in [0.1, 0.15) is 40.9 Å². The number of aromatic nitrogens is 2. The number of aryl methyl sites for hydroxylation is 1. The second kappa shape index (κ2) is 7.52. The molecule has 0 saturated carbocycles. The number of pyridine rings is 1. The summed E-state index contributed by atoms with van der Waals surface area (Å²) in [6.45, 7) is 4.32. The fourth-order valence-electron chi connectivity index (χ4n) is 4.56. The smallest absolute Gasteiger partial charge is 0.254 e. The average Bonchev–Trinajstić information content (AvgIpc) is 3.24. The second-order valence-electron chi connectivity index (χ2n) is 8.11. The maximum atomic E-state index is 13.2. The molecule has 6 nitrogen and oxygen atoms in total. The zero-order valence-electron chi connectivity index (χ0n) is 16.7. The third-order valence-corrected chi connectivity index (χ3v) is 6.01. The fourth-order valence-corrected chi connectivity index (χ4v) is 4.56. The molecule has 6 heteroatoms. The van der Waals surface area contributed by atoms with E-state index >= 15 is 0 Å². The Labute approximate surface area is 170 Å². The third kappa shape index (κ3) is 3.60. The Morgan fingerprint density at radius 2 is 2.07 bits per heavy atom. The molecule has 3 aromatic rings. The van der Waals surface area contributed by atoms with Crippen molar-refractivity contribution >= 4 is 11.6 Å². The van der Waals surface area contributed by atoms with Gasteiger partial charge in [-0.3, -0.25) is 4.79 Å². The van der Waals surface area contributed by atoms with Crippen LogP contribution < -0.4 is 10.1 Å². The van der Waals surface area contributed by atoms with Gasteiger partial charge in [-0.1, -0.05) is 12.1 Å². The van der Waals surface area contributed by atoms with Crippen LogP contribution in [-0.4, -0.2) is 45.4 Å². The fraction of sp³-hybridized carbons (Fsp3) is 0.391. The first-order valence-electron chi connectivity index (χ1n) is 10.4. The molecule has 2 fully saturated rings. The van der Waals surface area contributed by atoms with Crippen LogP contribution >= 0.6 is 0 Å². The zero-order chi connectivity index (χ0) is 19.8. The number of hydrogen-bond acceptors (Lipinski definition) is 4. The number of imidazole rings is 1. The standard InChI is InChI=1S/C23H26N4O2/c1-16-5-8-22-25-18(14-26(22)13-16)15-29-21-4-2-3-17(11-21)23(28)27-19-6-7-20(27)12-24-10-9-19/h2-5,8,11,13-14,19-20,24H,6-7,9-10,12,15H2,1H3. The molecule has 0 spiro atoms. The van der Waals surface area contributed by atoms with Crippen molar-refractivity contribution in [3.63, 3.8) is 0 Å². The summed E-state index contributed by atoms with van der Waals surface area (Å²) in [5, 5.41) is 3.45. The van der Waals surface area contributed by atoms with E-state index in [-0.39, 0.29) is 5.91 Å². The minimum Gasteiger partial charge on any atom is -0.487 e. The molecule has 29 heavy (non-hydrogen) atoms. The first-order valence-corrected chi connectivity index (χ1v) is 10.4. The van der Waals surface area contributed by atoms with Gasteiger partial charge in [0.2, 0.25) is 0 Å². The highest BCUT2D eigenvalue weighted by atomic mass is 16.5. The van der Waals surface area contributed by atoms with E-state index in [1.165, 1.54) is 5.56 Å². The Hall–Kier alpha value is -2.86. The summed E-state index contributed by atoms with van der Waals surface area (Å²) in [6, 6.07) is 12.3. The summed E-state index contributed by atoms with van der Waals surface area (Å²) < 4.78 is 7.98. The molecule has 4 heterocycles. The summed E-state index contributed by atoms with van der Waals surface area (Å²) in [6.07, 6.45) is 7.27. The highest BCUT2D eigenvalue weighted by Gasteiger charge is 2.38. The molecule has 2 saturated heterocycles. The molecule has 1 N–H and O–H groups in total. The third-order valence-electron chi connectivity index (χ3n) is 6.01. The van der Waals surface area contributed by atoms with Gasteiger partial charge in [0, 0.05) is 36.6 Å². The Morgan fingerprint density at radius 3 is 3.00 bits per heavy atom. The number of rotatable bonds is 4. The monoisotopic (exact) mass is 390 g/mol. The lowest BCUT2D eigenvalue weighted by atomic mass is 10.1. The van der Waals surface area contributed by atoms with Crippen molar-refractivity contribution in [2.24, 2.45) is 0 Å². The average molecular weight is 390 g/mol. The molecule has 2 aliphatic rings. The maximum absolute atomic E-state index is 13.2. The maximum Gasteiger partial charge on any atom is 0.254 e. The quantitative estimate of drug-likeness (QED) is 0.743. The summed E-state index contributed by atoms with van der Waals surface area (Å²) in [4.78, 5) is 19.9. The van der Waals surface area contributed by atoms with Gasteiger partial charge in [0.05, 0.1) is 5.69 Å². The van der Waals surface area contributed by atoms with Crippen LogP contribution in [0.25, 0.3) is 5.65 Å². The Bertz CT molecular complexity index is 1030. The van der Waals surface area contributed by atoms with E-state index in [1.54, 1.807) is 0 Å². The highest BCUT2D eigenvalue weighted by molar-refractivity contribution is 5.95. The molecular formula is C23H26N4O2. The van der Waals surface area contributed by atoms with Crippen LogP contribution in [0.15, 0.2) is 48.8 Å². The number of fused-ring (bicyclic) bond motifs is 3. The first kappa shape index (κ1) is 18.2. The van der Waals surface area contributed by atoms with Gasteiger partial charge in [0.1, 0.15) is 18.0 Å². The van der Waals surface area contributed by atoms with Crippen molar-refractivity contribution in [2.45, 2.75) is 44.9 Å². The van der Waals surface area contributed by atoms with Crippen LogP contribution in [0.2, 0.25) is 0 Å². The molecule has 2 atom stereocenters. The number of hydrogen-bond donors (Lipinski definition) is 1. The van der Waals surface area contributed by atoms with E-state index in [1.807, 2.05) is 47.0 Å². The second-order valence-corrected chi connectivity index (χ2v) is 8.11. The topological polar surface area (TPSA) is 58.9 Å². The van der Waals surface area contributed by atoms with Gasteiger partial charge in [0.15, 0.2) is 0 Å². The normalized spacial score (nSPS) is 21.3. The van der Waals surface area contributed by atoms with Gasteiger partial charge in [0.25, 0.3) is 5.91 Å². The molecule has 2 aliphatic heterocycles. The molecule has 0 radical (unpaired) electrons. The molecule has 1 amide bonds. The van der Waals surface area contributed by atoms with E-state index in [0.717, 1.165) is 43.7 Å². The minimum atomic E-state index is 0.120. The number of nitrogens with zero attached hydrogens (tertiary/aromatic N) is 3. The Morgan fingerprint density at radius 1 is 1.17 bits per heavy atom. The Kier molecular flexibility index (Phi) is 4.72. The zero-order valence-corrected chi connectivity index (χ0v) is 16.7. The van der Waals surface area contributed by atoms with Gasteiger partial charge in [-0.25, -0.2) is 4.98 Å². The van der Waals surface area contributed by atoms with E-state index < -0.39 is 0 Å². The largest absolute Gasteiger partial charge is 0.487 e. The lowest BCUT2D eigenvalue weighted by Crippen LogP contribution is -2.42. The molecule has 150 valence electrons. The molecule has 2 aromatic heterocycles. The Balaban J connectivity index is 1.31. The number of ether oxygens (including phenoxy) is 1. The minimum absolute atomic E-state index is 0.120. The van der Waals surface area contributed by atoms with E-state index in [2.05, 4.69) is 28.3 Å². The summed E-state index contributed by atoms with van der Waals surface area (Å²) in [5.74, 6) is 0.819. The van der Waals surface area contributed by atoms with E-state index in [0.29, 0.717) is 30.0 Å². The van der Waals surface area contributed by atoms with Crippen LogP contribution in [0.5, 0.6) is 5.75 Å². The molecule has 5 rings (SSSR count). The number of nitrogens with one attached hydrogen (secondary N) is 1. The van der Waals surface area contributed by atoms with Crippen molar-refractivity contribution in [1.29, 1.82) is 0 Å². The lowest BCUT2D eigenvalue weighted by Gasteiger charge is -2.28. The van der Waals surface area contributed by atoms with Crippen molar-refractivity contribution in [1.82, 2.24) is 19.6 Å². The van der Waals surface area contributed by atoms with Crippen molar-refractivity contribution < 1.29 is 9.53 Å². The van der Waals surface area contributed by atoms with Gasteiger partial charge < -0.3 is 19.4 Å². The summed E-state index contributed by atoms with van der Waals surface area (Å²) >= 11 is 0. The van der Waals surface area contributed by atoms with Crippen molar-refractivity contribution in [3.05, 3.63) is 65.6 Å². The van der Waals surface area contributed by atoms with Crippen molar-refractivity contribution in [2.75, 3.05) is 13.1 Å². The van der Waals surface area contributed by atoms with Gasteiger partial charge in [-0.15, -0.1) is 0 Å². The lowest BCUT2D eigenvalue weighted by molar-refractivity contribution is 0.0680. The highest BCUT2D eigenvalue weighted by Crippen LogP contribution is 2.30. The summed E-state index contributed by atoms with van der Waals surface area (Å²) in [5.41, 5.74) is 3.66. The number of carbonyl (C=O) groups excluding carboxylic acids is 1.